The summed E-state index contributed by atoms with van der Waals surface area (Å²) in [5.74, 6) is -0.205. The molecule has 0 atom stereocenters. The van der Waals surface area contributed by atoms with Gasteiger partial charge in [-0.25, -0.2) is 4.79 Å². The minimum Gasteiger partial charge on any atom is -0.465 e. The van der Waals surface area contributed by atoms with E-state index in [-0.39, 0.29) is 5.97 Å². The molecule has 0 spiro atoms. The van der Waals surface area contributed by atoms with E-state index in [0.29, 0.717) is 0 Å². The van der Waals surface area contributed by atoms with Crippen LogP contribution < -0.4 is 0 Å². The zero-order chi connectivity index (χ0) is 9.97. The third-order valence-electron chi connectivity index (χ3n) is 2.80. The maximum atomic E-state index is 11.5. The Balaban J connectivity index is 2.45. The summed E-state index contributed by atoms with van der Waals surface area (Å²) in [4.78, 5) is 11.5. The van der Waals surface area contributed by atoms with Crippen molar-refractivity contribution in [1.29, 1.82) is 0 Å². The van der Waals surface area contributed by atoms with E-state index in [9.17, 15) is 4.79 Å². The number of hydrogen-bond acceptors (Lipinski definition) is 2. The normalized spacial score (nSPS) is 14.6. The summed E-state index contributed by atoms with van der Waals surface area (Å²) in [7, 11) is 1.44. The molecule has 0 bridgehead atoms. The molecule has 0 heterocycles. The quantitative estimate of drug-likeness (QED) is 0.635. The first kappa shape index (κ1) is 9.25. The van der Waals surface area contributed by atoms with Gasteiger partial charge in [0.25, 0.3) is 0 Å². The van der Waals surface area contributed by atoms with E-state index in [2.05, 4.69) is 6.07 Å². The van der Waals surface area contributed by atoms with Crippen LogP contribution in [0.1, 0.15) is 34.3 Å². The SMILES string of the molecule is COC(=O)c1cccc2c1CCCC2. The molecule has 0 radical (unpaired) electrons. The molecule has 0 fully saturated rings. The van der Waals surface area contributed by atoms with Crippen molar-refractivity contribution < 1.29 is 9.53 Å². The summed E-state index contributed by atoms with van der Waals surface area (Å²) in [5.41, 5.74) is 3.27. The Morgan fingerprint density at radius 2 is 2.07 bits per heavy atom. The molecule has 1 aliphatic carbocycles. The van der Waals surface area contributed by atoms with Crippen molar-refractivity contribution in [2.75, 3.05) is 7.11 Å². The summed E-state index contributed by atoms with van der Waals surface area (Å²) in [6, 6.07) is 5.91. The predicted molar refractivity (Wildman–Crippen MR) is 54.4 cm³/mol. The molecular formula is C12H14O2. The Hall–Kier alpha value is -1.31. The summed E-state index contributed by atoms with van der Waals surface area (Å²) < 4.78 is 4.76. The lowest BCUT2D eigenvalue weighted by Crippen LogP contribution is -2.11. The molecule has 0 aromatic heterocycles. The van der Waals surface area contributed by atoms with Crippen molar-refractivity contribution in [3.05, 3.63) is 34.9 Å². The van der Waals surface area contributed by atoms with Gasteiger partial charge in [0, 0.05) is 0 Å². The van der Waals surface area contributed by atoms with E-state index in [1.54, 1.807) is 0 Å². The lowest BCUT2D eigenvalue weighted by molar-refractivity contribution is 0.0599. The van der Waals surface area contributed by atoms with Crippen LogP contribution in [0, 0.1) is 0 Å². The van der Waals surface area contributed by atoms with E-state index < -0.39 is 0 Å². The maximum absolute atomic E-state index is 11.5. The molecule has 0 amide bonds. The van der Waals surface area contributed by atoms with Gasteiger partial charge in [0.1, 0.15) is 0 Å². The van der Waals surface area contributed by atoms with Crippen LogP contribution in [0.4, 0.5) is 0 Å². The second-order valence-corrected chi connectivity index (χ2v) is 3.64. The van der Waals surface area contributed by atoms with Crippen LogP contribution in [0.15, 0.2) is 18.2 Å². The van der Waals surface area contributed by atoms with Gasteiger partial charge in [-0.05, 0) is 42.9 Å². The van der Waals surface area contributed by atoms with Crippen LogP contribution >= 0.6 is 0 Å². The highest BCUT2D eigenvalue weighted by molar-refractivity contribution is 5.91. The largest absolute Gasteiger partial charge is 0.465 e. The number of carbonyl (C=O) groups is 1. The minimum atomic E-state index is -0.205. The van der Waals surface area contributed by atoms with Gasteiger partial charge in [0.2, 0.25) is 0 Å². The van der Waals surface area contributed by atoms with E-state index in [1.807, 2.05) is 12.1 Å². The summed E-state index contributed by atoms with van der Waals surface area (Å²) in [5, 5.41) is 0. The monoisotopic (exact) mass is 190 g/mol. The van der Waals surface area contributed by atoms with E-state index >= 15 is 0 Å². The summed E-state index contributed by atoms with van der Waals surface area (Å²) in [6.45, 7) is 0. The molecule has 2 rings (SSSR count). The van der Waals surface area contributed by atoms with Crippen LogP contribution in [0.3, 0.4) is 0 Å². The number of hydrogen-bond donors (Lipinski definition) is 0. The molecule has 0 saturated carbocycles. The number of carbonyl (C=O) groups excluding carboxylic acids is 1. The van der Waals surface area contributed by atoms with Crippen molar-refractivity contribution in [3.8, 4) is 0 Å². The maximum Gasteiger partial charge on any atom is 0.338 e. The molecule has 14 heavy (non-hydrogen) atoms. The number of aryl methyl sites for hydroxylation is 1. The highest BCUT2D eigenvalue weighted by atomic mass is 16.5. The molecule has 1 aromatic carbocycles. The first-order valence-corrected chi connectivity index (χ1v) is 5.02. The van der Waals surface area contributed by atoms with Crippen LogP contribution in [0.2, 0.25) is 0 Å². The average molecular weight is 190 g/mol. The van der Waals surface area contributed by atoms with Gasteiger partial charge in [-0.1, -0.05) is 12.1 Å². The fourth-order valence-electron chi connectivity index (χ4n) is 2.08. The lowest BCUT2D eigenvalue weighted by atomic mass is 9.88. The second kappa shape index (κ2) is 3.82. The van der Waals surface area contributed by atoms with Crippen LogP contribution in [0.25, 0.3) is 0 Å². The molecule has 0 N–H and O–H groups in total. The van der Waals surface area contributed by atoms with Gasteiger partial charge in [-0.2, -0.15) is 0 Å². The second-order valence-electron chi connectivity index (χ2n) is 3.64. The Morgan fingerprint density at radius 1 is 1.29 bits per heavy atom. The van der Waals surface area contributed by atoms with Gasteiger partial charge in [0.05, 0.1) is 12.7 Å². The third-order valence-corrected chi connectivity index (χ3v) is 2.80. The smallest absolute Gasteiger partial charge is 0.338 e. The van der Waals surface area contributed by atoms with Crippen LogP contribution in [-0.4, -0.2) is 13.1 Å². The van der Waals surface area contributed by atoms with Crippen LogP contribution in [-0.2, 0) is 17.6 Å². The topological polar surface area (TPSA) is 26.3 Å². The first-order chi connectivity index (χ1) is 6.83. The number of rotatable bonds is 1. The van der Waals surface area contributed by atoms with Crippen molar-refractivity contribution in [2.45, 2.75) is 25.7 Å². The summed E-state index contributed by atoms with van der Waals surface area (Å²) >= 11 is 0. The zero-order valence-corrected chi connectivity index (χ0v) is 8.38. The van der Waals surface area contributed by atoms with E-state index in [0.717, 1.165) is 18.4 Å². The van der Waals surface area contributed by atoms with E-state index in [4.69, 9.17) is 4.74 Å². The predicted octanol–water partition coefficient (Wildman–Crippen LogP) is 2.35. The average Bonchev–Trinajstić information content (AvgIpc) is 2.27. The Morgan fingerprint density at radius 3 is 2.86 bits per heavy atom. The molecule has 2 heteroatoms. The first-order valence-electron chi connectivity index (χ1n) is 5.02. The highest BCUT2D eigenvalue weighted by Gasteiger charge is 2.17. The van der Waals surface area contributed by atoms with Gasteiger partial charge in [0.15, 0.2) is 0 Å². The molecule has 2 nitrogen and oxygen atoms in total. The number of esters is 1. The summed E-state index contributed by atoms with van der Waals surface area (Å²) in [6.07, 6.45) is 4.53. The number of fused-ring (bicyclic) bond motifs is 1. The Labute approximate surface area is 83.9 Å². The lowest BCUT2D eigenvalue weighted by Gasteiger charge is -2.17. The van der Waals surface area contributed by atoms with Crippen LogP contribution in [0.5, 0.6) is 0 Å². The van der Waals surface area contributed by atoms with Crippen molar-refractivity contribution >= 4 is 5.97 Å². The fourth-order valence-corrected chi connectivity index (χ4v) is 2.08. The van der Waals surface area contributed by atoms with Crippen molar-refractivity contribution in [3.63, 3.8) is 0 Å². The van der Waals surface area contributed by atoms with Gasteiger partial charge in [-0.15, -0.1) is 0 Å². The third kappa shape index (κ3) is 1.52. The molecule has 74 valence electrons. The van der Waals surface area contributed by atoms with Gasteiger partial charge < -0.3 is 4.74 Å². The number of ether oxygens (including phenoxy) is 1. The van der Waals surface area contributed by atoms with Gasteiger partial charge in [-0.3, -0.25) is 0 Å². The minimum absolute atomic E-state index is 0.205. The standard InChI is InChI=1S/C12H14O2/c1-14-12(13)11-8-4-6-9-5-2-3-7-10(9)11/h4,6,8H,2-3,5,7H2,1H3. The molecule has 1 aromatic rings. The molecule has 0 aliphatic heterocycles. The van der Waals surface area contributed by atoms with Crippen molar-refractivity contribution in [2.24, 2.45) is 0 Å². The van der Waals surface area contributed by atoms with Gasteiger partial charge >= 0.3 is 5.97 Å². The van der Waals surface area contributed by atoms with Crippen molar-refractivity contribution in [1.82, 2.24) is 0 Å². The molecule has 0 saturated heterocycles. The molecule has 0 unspecified atom stereocenters. The fraction of sp³-hybridized carbons (Fsp3) is 0.417. The van der Waals surface area contributed by atoms with E-state index in [1.165, 1.54) is 31.1 Å². The Bertz CT molecular complexity index is 355. The number of benzene rings is 1. The Kier molecular flexibility index (Phi) is 2.53. The number of methoxy groups -OCH3 is 1. The molecule has 1 aliphatic rings. The highest BCUT2D eigenvalue weighted by Crippen LogP contribution is 2.24. The molecular weight excluding hydrogens is 176 g/mol. The zero-order valence-electron chi connectivity index (χ0n) is 8.38.